The van der Waals surface area contributed by atoms with Crippen molar-refractivity contribution in [3.8, 4) is 0 Å². The predicted molar refractivity (Wildman–Crippen MR) is 94.4 cm³/mol. The molecule has 1 aliphatic heterocycles. The number of likely N-dealkylation sites (tertiary alicyclic amines) is 1. The smallest absolute Gasteiger partial charge is 0.237 e. The normalized spacial score (nSPS) is 18.2. The molecule has 6 heteroatoms. The fraction of sp³-hybridized carbons (Fsp3) is 0.474. The average molecular weight is 344 g/mol. The van der Waals surface area contributed by atoms with Crippen LogP contribution in [0.4, 0.5) is 4.39 Å². The summed E-state index contributed by atoms with van der Waals surface area (Å²) in [4.78, 5) is 14.8. The number of hydrogen-bond donors (Lipinski definition) is 1. The maximum atomic E-state index is 13.1. The van der Waals surface area contributed by atoms with Crippen LogP contribution in [-0.2, 0) is 24.8 Å². The van der Waals surface area contributed by atoms with Gasteiger partial charge in [-0.2, -0.15) is 5.10 Å². The van der Waals surface area contributed by atoms with E-state index in [9.17, 15) is 9.18 Å². The molecule has 1 aromatic heterocycles. The van der Waals surface area contributed by atoms with Gasteiger partial charge in [0.25, 0.3) is 0 Å². The highest BCUT2D eigenvalue weighted by Crippen LogP contribution is 2.20. The number of carbonyl (C=O) groups excluding carboxylic acids is 1. The topological polar surface area (TPSA) is 50.2 Å². The maximum Gasteiger partial charge on any atom is 0.237 e. The Balaban J connectivity index is 1.55. The van der Waals surface area contributed by atoms with Gasteiger partial charge in [-0.05, 0) is 43.1 Å². The molecule has 2 aromatic rings. The number of carbonyl (C=O) groups is 1. The summed E-state index contributed by atoms with van der Waals surface area (Å²) in [6.45, 7) is 2.19. The third-order valence-corrected chi connectivity index (χ3v) is 4.82. The fourth-order valence-electron chi connectivity index (χ4n) is 3.38. The third kappa shape index (κ3) is 4.66. The number of aromatic nitrogens is 2. The second kappa shape index (κ2) is 8.25. The molecule has 25 heavy (non-hydrogen) atoms. The summed E-state index contributed by atoms with van der Waals surface area (Å²) in [6.07, 6.45) is 5.58. The van der Waals surface area contributed by atoms with E-state index in [4.69, 9.17) is 0 Å². The summed E-state index contributed by atoms with van der Waals surface area (Å²) in [6, 6.07) is 8.39. The first-order valence-corrected chi connectivity index (χ1v) is 8.86. The van der Waals surface area contributed by atoms with Crippen molar-refractivity contribution in [1.29, 1.82) is 0 Å². The summed E-state index contributed by atoms with van der Waals surface area (Å²) in [5.41, 5.74) is 2.14. The van der Waals surface area contributed by atoms with Gasteiger partial charge in [-0.25, -0.2) is 4.39 Å². The molecule has 1 amide bonds. The number of rotatable bonds is 6. The van der Waals surface area contributed by atoms with Gasteiger partial charge < -0.3 is 5.32 Å². The number of halogens is 1. The molecule has 1 atom stereocenters. The van der Waals surface area contributed by atoms with Crippen LogP contribution in [0.2, 0.25) is 0 Å². The highest BCUT2D eigenvalue weighted by molar-refractivity contribution is 5.81. The molecule has 134 valence electrons. The van der Waals surface area contributed by atoms with Crippen molar-refractivity contribution in [3.63, 3.8) is 0 Å². The van der Waals surface area contributed by atoms with E-state index < -0.39 is 0 Å². The first-order valence-electron chi connectivity index (χ1n) is 8.86. The fourth-order valence-corrected chi connectivity index (χ4v) is 3.38. The van der Waals surface area contributed by atoms with Crippen LogP contribution in [0.5, 0.6) is 0 Å². The summed E-state index contributed by atoms with van der Waals surface area (Å²) in [5.74, 6) is -0.143. The molecule has 1 unspecified atom stereocenters. The molecule has 0 saturated carbocycles. The van der Waals surface area contributed by atoms with Crippen LogP contribution in [0.25, 0.3) is 0 Å². The molecule has 1 aromatic carbocycles. The zero-order valence-electron chi connectivity index (χ0n) is 14.6. The second-order valence-corrected chi connectivity index (χ2v) is 6.60. The van der Waals surface area contributed by atoms with E-state index in [0.29, 0.717) is 13.1 Å². The van der Waals surface area contributed by atoms with Crippen molar-refractivity contribution in [3.05, 3.63) is 53.6 Å². The van der Waals surface area contributed by atoms with Crippen molar-refractivity contribution in [2.45, 2.75) is 38.3 Å². The van der Waals surface area contributed by atoms with E-state index in [0.717, 1.165) is 43.5 Å². The summed E-state index contributed by atoms with van der Waals surface area (Å²) in [5, 5.41) is 7.20. The largest absolute Gasteiger partial charge is 0.354 e. The Bertz CT molecular complexity index is 698. The molecule has 0 spiro atoms. The molecule has 0 aliphatic carbocycles. The third-order valence-electron chi connectivity index (χ3n) is 4.82. The van der Waals surface area contributed by atoms with Gasteiger partial charge in [-0.3, -0.25) is 14.4 Å². The Labute approximate surface area is 147 Å². The minimum Gasteiger partial charge on any atom is -0.354 e. The lowest BCUT2D eigenvalue weighted by Gasteiger charge is -2.34. The summed E-state index contributed by atoms with van der Waals surface area (Å²) >= 11 is 0. The van der Waals surface area contributed by atoms with Gasteiger partial charge >= 0.3 is 0 Å². The number of aryl methyl sites for hydroxylation is 1. The van der Waals surface area contributed by atoms with Gasteiger partial charge in [0.2, 0.25) is 5.91 Å². The van der Waals surface area contributed by atoms with Crippen LogP contribution in [-0.4, -0.2) is 39.7 Å². The molecule has 3 rings (SSSR count). The quantitative estimate of drug-likeness (QED) is 0.875. The summed E-state index contributed by atoms with van der Waals surface area (Å²) in [7, 11) is 1.91. The van der Waals surface area contributed by atoms with E-state index in [1.807, 2.05) is 17.8 Å². The number of amides is 1. The van der Waals surface area contributed by atoms with Crippen molar-refractivity contribution < 1.29 is 9.18 Å². The second-order valence-electron chi connectivity index (χ2n) is 6.60. The molecular weight excluding hydrogens is 319 g/mol. The lowest BCUT2D eigenvalue weighted by atomic mass is 10.0. The van der Waals surface area contributed by atoms with Crippen LogP contribution in [0.1, 0.15) is 30.5 Å². The van der Waals surface area contributed by atoms with Crippen LogP contribution >= 0.6 is 0 Å². The molecule has 1 aliphatic rings. The Morgan fingerprint density at radius 2 is 2.08 bits per heavy atom. The van der Waals surface area contributed by atoms with Gasteiger partial charge in [0.05, 0.1) is 6.04 Å². The Kier molecular flexibility index (Phi) is 5.81. The van der Waals surface area contributed by atoms with Crippen molar-refractivity contribution in [2.75, 3.05) is 13.1 Å². The van der Waals surface area contributed by atoms with E-state index in [1.54, 1.807) is 18.3 Å². The maximum absolute atomic E-state index is 13.1. The van der Waals surface area contributed by atoms with E-state index >= 15 is 0 Å². The number of nitrogens with zero attached hydrogens (tertiary/aromatic N) is 3. The number of nitrogens with one attached hydrogen (secondary N) is 1. The molecule has 1 saturated heterocycles. The minimum atomic E-state index is -0.230. The zero-order valence-corrected chi connectivity index (χ0v) is 14.6. The Morgan fingerprint density at radius 3 is 2.80 bits per heavy atom. The van der Waals surface area contributed by atoms with Crippen LogP contribution in [0.3, 0.4) is 0 Å². The standard InChI is InChI=1S/C19H25FN4O/c1-23-17(10-12-22-23)9-11-21-19(25)18-4-2-3-13-24(18)14-15-5-7-16(20)8-6-15/h5-8,10,12,18H,2-4,9,11,13-14H2,1H3,(H,21,25). The molecule has 1 N–H and O–H groups in total. The van der Waals surface area contributed by atoms with Gasteiger partial charge in [0.15, 0.2) is 0 Å². The molecule has 5 nitrogen and oxygen atoms in total. The van der Waals surface area contributed by atoms with Gasteiger partial charge in [0, 0.05) is 38.4 Å². The SMILES string of the molecule is Cn1nccc1CCNC(=O)C1CCCCN1Cc1ccc(F)cc1. The Morgan fingerprint density at radius 1 is 1.28 bits per heavy atom. The number of piperidine rings is 1. The first kappa shape index (κ1) is 17.6. The molecular formula is C19H25FN4O. The molecule has 1 fully saturated rings. The lowest BCUT2D eigenvalue weighted by molar-refractivity contribution is -0.127. The highest BCUT2D eigenvalue weighted by Gasteiger charge is 2.28. The zero-order chi connectivity index (χ0) is 17.6. The van der Waals surface area contributed by atoms with E-state index in [1.165, 1.54) is 12.1 Å². The van der Waals surface area contributed by atoms with Crippen LogP contribution < -0.4 is 5.32 Å². The van der Waals surface area contributed by atoms with Crippen molar-refractivity contribution in [1.82, 2.24) is 20.0 Å². The van der Waals surface area contributed by atoms with Gasteiger partial charge in [0.1, 0.15) is 5.82 Å². The van der Waals surface area contributed by atoms with E-state index in [-0.39, 0.29) is 17.8 Å². The molecule has 0 bridgehead atoms. The first-order chi connectivity index (χ1) is 12.1. The van der Waals surface area contributed by atoms with Crippen molar-refractivity contribution in [2.24, 2.45) is 7.05 Å². The number of hydrogen-bond acceptors (Lipinski definition) is 3. The molecule has 2 heterocycles. The predicted octanol–water partition coefficient (Wildman–Crippen LogP) is 2.27. The number of benzene rings is 1. The average Bonchev–Trinajstić information content (AvgIpc) is 3.02. The van der Waals surface area contributed by atoms with E-state index in [2.05, 4.69) is 15.3 Å². The monoisotopic (exact) mass is 344 g/mol. The summed E-state index contributed by atoms with van der Waals surface area (Å²) < 4.78 is 14.9. The van der Waals surface area contributed by atoms with Gasteiger partial charge in [-0.1, -0.05) is 18.6 Å². The van der Waals surface area contributed by atoms with Crippen LogP contribution in [0.15, 0.2) is 36.5 Å². The highest BCUT2D eigenvalue weighted by atomic mass is 19.1. The van der Waals surface area contributed by atoms with Crippen LogP contribution in [0, 0.1) is 5.82 Å². The lowest BCUT2D eigenvalue weighted by Crippen LogP contribution is -2.49. The minimum absolute atomic E-state index is 0.0870. The van der Waals surface area contributed by atoms with Gasteiger partial charge in [-0.15, -0.1) is 0 Å². The van der Waals surface area contributed by atoms with Crippen molar-refractivity contribution >= 4 is 5.91 Å². The Hall–Kier alpha value is -2.21. The molecule has 0 radical (unpaired) electrons.